The van der Waals surface area contributed by atoms with Crippen molar-refractivity contribution in [2.75, 3.05) is 11.4 Å². The molecule has 2 heterocycles. The van der Waals surface area contributed by atoms with Gasteiger partial charge in [0, 0.05) is 12.6 Å². The van der Waals surface area contributed by atoms with E-state index in [9.17, 15) is 5.11 Å². The summed E-state index contributed by atoms with van der Waals surface area (Å²) in [6, 6.07) is 1.15. The van der Waals surface area contributed by atoms with Gasteiger partial charge in [-0.15, -0.1) is 0 Å². The standard InChI is InChI=1S/C13H21N3O2/c1-13(2,17)11-14-12(18-15-11)16-8-4-3-5-10(16)9-6-7-9/h9-10,17H,3-8H2,1-2H3. The smallest absolute Gasteiger partial charge is 0.324 e. The van der Waals surface area contributed by atoms with E-state index in [2.05, 4.69) is 15.0 Å². The summed E-state index contributed by atoms with van der Waals surface area (Å²) in [5.74, 6) is 1.18. The van der Waals surface area contributed by atoms with Gasteiger partial charge in [0.2, 0.25) is 5.82 Å². The van der Waals surface area contributed by atoms with Gasteiger partial charge in [0.1, 0.15) is 5.60 Å². The maximum atomic E-state index is 9.88. The van der Waals surface area contributed by atoms with Crippen LogP contribution in [0.4, 0.5) is 6.01 Å². The lowest BCUT2D eigenvalue weighted by Crippen LogP contribution is -2.41. The largest absolute Gasteiger partial charge is 0.382 e. The lowest BCUT2D eigenvalue weighted by Gasteiger charge is -2.34. The zero-order valence-corrected chi connectivity index (χ0v) is 11.1. The lowest BCUT2D eigenvalue weighted by molar-refractivity contribution is 0.0661. The Morgan fingerprint density at radius 3 is 2.67 bits per heavy atom. The van der Waals surface area contributed by atoms with E-state index in [1.807, 2.05) is 0 Å². The first-order chi connectivity index (χ1) is 8.55. The molecular weight excluding hydrogens is 230 g/mol. The number of hydrogen-bond donors (Lipinski definition) is 1. The van der Waals surface area contributed by atoms with Crippen molar-refractivity contribution >= 4 is 6.01 Å². The van der Waals surface area contributed by atoms with Crippen LogP contribution in [0.15, 0.2) is 4.52 Å². The Labute approximate surface area is 107 Å². The summed E-state index contributed by atoms with van der Waals surface area (Å²) in [5.41, 5.74) is -1.04. The molecule has 0 aromatic carbocycles. The highest BCUT2D eigenvalue weighted by Gasteiger charge is 2.39. The SMILES string of the molecule is CC(C)(O)c1noc(N2CCCCC2C2CC2)n1. The molecule has 3 rings (SSSR count). The summed E-state index contributed by atoms with van der Waals surface area (Å²) in [6.07, 6.45) is 6.36. The highest BCUT2D eigenvalue weighted by molar-refractivity contribution is 5.30. The van der Waals surface area contributed by atoms with E-state index in [1.54, 1.807) is 13.8 Å². The molecule has 1 unspecified atom stereocenters. The van der Waals surface area contributed by atoms with Crippen LogP contribution in [0.5, 0.6) is 0 Å². The number of nitrogens with zero attached hydrogens (tertiary/aromatic N) is 3. The topological polar surface area (TPSA) is 62.4 Å². The molecule has 1 aliphatic carbocycles. The fourth-order valence-corrected chi connectivity index (χ4v) is 2.75. The Hall–Kier alpha value is -1.10. The quantitative estimate of drug-likeness (QED) is 0.891. The number of aromatic nitrogens is 2. The first-order valence-electron chi connectivity index (χ1n) is 6.89. The van der Waals surface area contributed by atoms with Crippen molar-refractivity contribution in [3.05, 3.63) is 5.82 Å². The van der Waals surface area contributed by atoms with Crippen molar-refractivity contribution in [1.29, 1.82) is 0 Å². The first kappa shape index (κ1) is 12.0. The summed E-state index contributed by atoms with van der Waals surface area (Å²) in [6.45, 7) is 4.35. The van der Waals surface area contributed by atoms with E-state index in [4.69, 9.17) is 4.52 Å². The summed E-state index contributed by atoms with van der Waals surface area (Å²) in [5, 5.41) is 13.8. The minimum absolute atomic E-state index is 0.373. The molecular formula is C13H21N3O2. The van der Waals surface area contributed by atoms with Crippen LogP contribution in [0.3, 0.4) is 0 Å². The number of piperidine rings is 1. The van der Waals surface area contributed by atoms with Crippen LogP contribution in [0.1, 0.15) is 51.8 Å². The first-order valence-corrected chi connectivity index (χ1v) is 6.89. The number of anilines is 1. The van der Waals surface area contributed by atoms with Gasteiger partial charge < -0.3 is 14.5 Å². The van der Waals surface area contributed by atoms with Crippen LogP contribution in [0.2, 0.25) is 0 Å². The number of hydrogen-bond acceptors (Lipinski definition) is 5. The summed E-state index contributed by atoms with van der Waals surface area (Å²) >= 11 is 0. The predicted molar refractivity (Wildman–Crippen MR) is 67.3 cm³/mol. The van der Waals surface area contributed by atoms with E-state index in [0.717, 1.165) is 12.5 Å². The van der Waals surface area contributed by atoms with E-state index >= 15 is 0 Å². The molecule has 1 N–H and O–H groups in total. The van der Waals surface area contributed by atoms with Gasteiger partial charge in [-0.05, 0) is 51.9 Å². The van der Waals surface area contributed by atoms with Crippen molar-refractivity contribution in [1.82, 2.24) is 10.1 Å². The van der Waals surface area contributed by atoms with Crippen LogP contribution in [0.25, 0.3) is 0 Å². The van der Waals surface area contributed by atoms with Crippen molar-refractivity contribution in [2.24, 2.45) is 5.92 Å². The Kier molecular flexibility index (Phi) is 2.81. The molecule has 1 saturated carbocycles. The molecule has 1 atom stereocenters. The van der Waals surface area contributed by atoms with Gasteiger partial charge in [-0.3, -0.25) is 0 Å². The van der Waals surface area contributed by atoms with E-state index in [0.29, 0.717) is 17.9 Å². The minimum atomic E-state index is -1.04. The van der Waals surface area contributed by atoms with Gasteiger partial charge in [0.15, 0.2) is 0 Å². The molecule has 1 aromatic heterocycles. The Balaban J connectivity index is 1.81. The van der Waals surface area contributed by atoms with E-state index in [1.165, 1.54) is 32.1 Å². The van der Waals surface area contributed by atoms with Gasteiger partial charge >= 0.3 is 6.01 Å². The Morgan fingerprint density at radius 1 is 1.28 bits per heavy atom. The second-order valence-corrected chi connectivity index (χ2v) is 6.05. The van der Waals surface area contributed by atoms with Crippen molar-refractivity contribution in [3.8, 4) is 0 Å². The summed E-state index contributed by atoms with van der Waals surface area (Å²) in [4.78, 5) is 6.62. The summed E-state index contributed by atoms with van der Waals surface area (Å²) in [7, 11) is 0. The normalized spacial score (nSPS) is 25.5. The second-order valence-electron chi connectivity index (χ2n) is 6.05. The van der Waals surface area contributed by atoms with Gasteiger partial charge in [0.25, 0.3) is 0 Å². The maximum Gasteiger partial charge on any atom is 0.324 e. The van der Waals surface area contributed by atoms with E-state index < -0.39 is 5.60 Å². The molecule has 0 radical (unpaired) electrons. The third kappa shape index (κ3) is 2.23. The van der Waals surface area contributed by atoms with Crippen LogP contribution >= 0.6 is 0 Å². The van der Waals surface area contributed by atoms with E-state index in [-0.39, 0.29) is 0 Å². The van der Waals surface area contributed by atoms with Gasteiger partial charge in [-0.2, -0.15) is 4.98 Å². The molecule has 100 valence electrons. The maximum absolute atomic E-state index is 9.88. The Morgan fingerprint density at radius 2 is 2.06 bits per heavy atom. The molecule has 18 heavy (non-hydrogen) atoms. The van der Waals surface area contributed by atoms with Crippen LogP contribution in [-0.2, 0) is 5.60 Å². The fraction of sp³-hybridized carbons (Fsp3) is 0.846. The van der Waals surface area contributed by atoms with Crippen molar-refractivity contribution < 1.29 is 9.63 Å². The molecule has 1 saturated heterocycles. The summed E-state index contributed by atoms with van der Waals surface area (Å²) < 4.78 is 5.34. The van der Waals surface area contributed by atoms with Gasteiger partial charge in [-0.25, -0.2) is 0 Å². The molecule has 2 fully saturated rings. The van der Waals surface area contributed by atoms with Gasteiger partial charge in [0.05, 0.1) is 0 Å². The van der Waals surface area contributed by atoms with Gasteiger partial charge in [-0.1, -0.05) is 5.16 Å². The monoisotopic (exact) mass is 251 g/mol. The third-order valence-corrected chi connectivity index (χ3v) is 3.92. The molecule has 5 heteroatoms. The molecule has 0 amide bonds. The predicted octanol–water partition coefficient (Wildman–Crippen LogP) is 2.07. The molecule has 0 spiro atoms. The van der Waals surface area contributed by atoms with Crippen molar-refractivity contribution in [3.63, 3.8) is 0 Å². The number of aliphatic hydroxyl groups is 1. The van der Waals surface area contributed by atoms with Crippen LogP contribution < -0.4 is 4.90 Å². The molecule has 1 aliphatic heterocycles. The zero-order chi connectivity index (χ0) is 12.8. The second kappa shape index (κ2) is 4.23. The lowest BCUT2D eigenvalue weighted by atomic mass is 9.99. The minimum Gasteiger partial charge on any atom is -0.382 e. The highest BCUT2D eigenvalue weighted by Crippen LogP contribution is 2.40. The van der Waals surface area contributed by atoms with Crippen LogP contribution in [-0.4, -0.2) is 27.8 Å². The van der Waals surface area contributed by atoms with Crippen LogP contribution in [0, 0.1) is 5.92 Å². The third-order valence-electron chi connectivity index (χ3n) is 3.92. The zero-order valence-electron chi connectivity index (χ0n) is 11.1. The fourth-order valence-electron chi connectivity index (χ4n) is 2.75. The number of rotatable bonds is 3. The molecule has 5 nitrogen and oxygen atoms in total. The molecule has 1 aromatic rings. The molecule has 2 aliphatic rings. The average molecular weight is 251 g/mol. The Bertz CT molecular complexity index is 420. The average Bonchev–Trinajstić information content (AvgIpc) is 3.04. The molecule has 0 bridgehead atoms. The van der Waals surface area contributed by atoms with Crippen molar-refractivity contribution in [2.45, 2.75) is 57.6 Å². The highest BCUT2D eigenvalue weighted by atomic mass is 16.5.